The minimum Gasteiger partial charge on any atom is -0.346 e. The Bertz CT molecular complexity index is 489. The normalized spacial score (nSPS) is 28.0. The molecule has 2 saturated heterocycles. The molecule has 116 valence electrons. The molecule has 1 aromatic heterocycles. The van der Waals surface area contributed by atoms with Gasteiger partial charge in [0.2, 0.25) is 0 Å². The van der Waals surface area contributed by atoms with Crippen LogP contribution in [0.15, 0.2) is 18.3 Å². The Balaban J connectivity index is 1.83. The highest BCUT2D eigenvalue weighted by atomic mass is 19.4. The van der Waals surface area contributed by atoms with Gasteiger partial charge in [-0.3, -0.25) is 4.98 Å². The lowest BCUT2D eigenvalue weighted by Gasteiger charge is -2.32. The second-order valence-electron chi connectivity index (χ2n) is 5.32. The van der Waals surface area contributed by atoms with Gasteiger partial charge < -0.3 is 14.8 Å². The Labute approximate surface area is 120 Å². The van der Waals surface area contributed by atoms with E-state index in [0.717, 1.165) is 5.56 Å². The van der Waals surface area contributed by atoms with E-state index in [1.807, 2.05) is 0 Å². The molecule has 2 aliphatic rings. The van der Waals surface area contributed by atoms with Gasteiger partial charge in [-0.15, -0.1) is 0 Å². The average Bonchev–Trinajstić information content (AvgIpc) is 3.01. The molecule has 1 aromatic rings. The van der Waals surface area contributed by atoms with Crippen molar-refractivity contribution in [3.8, 4) is 0 Å². The number of nitrogens with one attached hydrogen (secondary N) is 1. The molecular formula is C14H17F3N2O2. The van der Waals surface area contributed by atoms with Crippen LogP contribution in [0.25, 0.3) is 0 Å². The summed E-state index contributed by atoms with van der Waals surface area (Å²) < 4.78 is 49.7. The van der Waals surface area contributed by atoms with Crippen molar-refractivity contribution in [2.75, 3.05) is 19.8 Å². The second kappa shape index (κ2) is 5.90. The van der Waals surface area contributed by atoms with Gasteiger partial charge in [0.1, 0.15) is 0 Å². The van der Waals surface area contributed by atoms with Gasteiger partial charge in [-0.1, -0.05) is 6.07 Å². The van der Waals surface area contributed by atoms with Crippen LogP contribution in [0.1, 0.15) is 36.4 Å². The molecule has 21 heavy (non-hydrogen) atoms. The van der Waals surface area contributed by atoms with Crippen LogP contribution < -0.4 is 5.32 Å². The van der Waals surface area contributed by atoms with Gasteiger partial charge in [0.05, 0.1) is 30.9 Å². The SMILES string of the molecule is FC(F)(F)C1CCNC(c2ncccc2C2OCCO2)C1. The Morgan fingerprint density at radius 3 is 2.71 bits per heavy atom. The van der Waals surface area contributed by atoms with Crippen molar-refractivity contribution in [2.24, 2.45) is 5.92 Å². The maximum Gasteiger partial charge on any atom is 0.391 e. The summed E-state index contributed by atoms with van der Waals surface area (Å²) in [7, 11) is 0. The van der Waals surface area contributed by atoms with E-state index in [4.69, 9.17) is 9.47 Å². The number of piperidine rings is 1. The highest BCUT2D eigenvalue weighted by Gasteiger charge is 2.43. The molecule has 0 amide bonds. The van der Waals surface area contributed by atoms with E-state index in [0.29, 0.717) is 25.5 Å². The molecular weight excluding hydrogens is 285 g/mol. The molecule has 0 radical (unpaired) electrons. The van der Waals surface area contributed by atoms with Crippen LogP contribution in [-0.4, -0.2) is 30.9 Å². The first-order valence-corrected chi connectivity index (χ1v) is 7.04. The van der Waals surface area contributed by atoms with Crippen LogP contribution >= 0.6 is 0 Å². The summed E-state index contributed by atoms with van der Waals surface area (Å²) in [6.07, 6.45) is -2.98. The number of hydrogen-bond donors (Lipinski definition) is 1. The summed E-state index contributed by atoms with van der Waals surface area (Å²) in [6, 6.07) is 3.12. The van der Waals surface area contributed by atoms with E-state index in [1.165, 1.54) is 0 Å². The molecule has 7 heteroatoms. The van der Waals surface area contributed by atoms with Crippen molar-refractivity contribution in [2.45, 2.75) is 31.3 Å². The monoisotopic (exact) mass is 302 g/mol. The molecule has 3 rings (SSSR count). The zero-order chi connectivity index (χ0) is 14.9. The number of rotatable bonds is 2. The Morgan fingerprint density at radius 2 is 2.00 bits per heavy atom. The van der Waals surface area contributed by atoms with E-state index in [2.05, 4.69) is 10.3 Å². The number of pyridine rings is 1. The summed E-state index contributed by atoms with van der Waals surface area (Å²) in [5, 5.41) is 3.13. The number of hydrogen-bond acceptors (Lipinski definition) is 4. The van der Waals surface area contributed by atoms with Crippen LogP contribution in [0.4, 0.5) is 13.2 Å². The highest BCUT2D eigenvalue weighted by molar-refractivity contribution is 5.25. The van der Waals surface area contributed by atoms with E-state index < -0.39 is 24.4 Å². The van der Waals surface area contributed by atoms with Crippen LogP contribution in [-0.2, 0) is 9.47 Å². The Morgan fingerprint density at radius 1 is 1.24 bits per heavy atom. The largest absolute Gasteiger partial charge is 0.391 e. The van der Waals surface area contributed by atoms with E-state index in [1.54, 1.807) is 18.3 Å². The van der Waals surface area contributed by atoms with Crippen molar-refractivity contribution in [3.05, 3.63) is 29.6 Å². The van der Waals surface area contributed by atoms with Gasteiger partial charge in [-0.25, -0.2) is 0 Å². The predicted octanol–water partition coefficient (Wildman–Crippen LogP) is 2.73. The zero-order valence-corrected chi connectivity index (χ0v) is 11.4. The van der Waals surface area contributed by atoms with E-state index in [-0.39, 0.29) is 12.8 Å². The lowest BCUT2D eigenvalue weighted by atomic mass is 9.89. The zero-order valence-electron chi connectivity index (χ0n) is 11.4. The van der Waals surface area contributed by atoms with Crippen LogP contribution in [0.5, 0.6) is 0 Å². The van der Waals surface area contributed by atoms with Crippen LogP contribution in [0.3, 0.4) is 0 Å². The number of ether oxygens (including phenoxy) is 2. The van der Waals surface area contributed by atoms with Gasteiger partial charge >= 0.3 is 6.18 Å². The standard InChI is InChI=1S/C14H17F3N2O2/c15-14(16,17)9-3-5-18-11(8-9)12-10(2-1-4-19-12)13-20-6-7-21-13/h1-2,4,9,11,13,18H,3,5-8H2. The Kier molecular flexibility index (Phi) is 4.14. The summed E-state index contributed by atoms with van der Waals surface area (Å²) in [6.45, 7) is 1.31. The predicted molar refractivity (Wildman–Crippen MR) is 68.4 cm³/mol. The first-order chi connectivity index (χ1) is 10.1. The number of nitrogens with zero attached hydrogens (tertiary/aromatic N) is 1. The molecule has 0 aromatic carbocycles. The number of halogens is 3. The minimum atomic E-state index is -4.16. The third kappa shape index (κ3) is 3.20. The molecule has 0 bridgehead atoms. The number of aromatic nitrogens is 1. The highest BCUT2D eigenvalue weighted by Crippen LogP contribution is 2.39. The average molecular weight is 302 g/mol. The van der Waals surface area contributed by atoms with Gasteiger partial charge in [-0.05, 0) is 25.5 Å². The fourth-order valence-electron chi connectivity index (χ4n) is 2.88. The third-order valence-electron chi connectivity index (χ3n) is 3.94. The van der Waals surface area contributed by atoms with E-state index in [9.17, 15) is 13.2 Å². The first-order valence-electron chi connectivity index (χ1n) is 7.04. The van der Waals surface area contributed by atoms with Crippen molar-refractivity contribution in [3.63, 3.8) is 0 Å². The summed E-state index contributed by atoms with van der Waals surface area (Å²) in [4.78, 5) is 4.27. The van der Waals surface area contributed by atoms with Gasteiger partial charge in [0.15, 0.2) is 6.29 Å². The third-order valence-corrected chi connectivity index (χ3v) is 3.94. The Hall–Kier alpha value is -1.18. The van der Waals surface area contributed by atoms with Crippen LogP contribution in [0.2, 0.25) is 0 Å². The maximum atomic E-state index is 12.9. The van der Waals surface area contributed by atoms with Crippen LogP contribution in [0, 0.1) is 5.92 Å². The lowest BCUT2D eigenvalue weighted by Crippen LogP contribution is -2.38. The molecule has 1 N–H and O–H groups in total. The second-order valence-corrected chi connectivity index (χ2v) is 5.32. The first kappa shape index (κ1) is 14.7. The minimum absolute atomic E-state index is 0.000231. The molecule has 2 unspecified atom stereocenters. The summed E-state index contributed by atoms with van der Waals surface area (Å²) in [5.41, 5.74) is 1.31. The molecule has 2 atom stereocenters. The van der Waals surface area contributed by atoms with Crippen molar-refractivity contribution >= 4 is 0 Å². The summed E-state index contributed by atoms with van der Waals surface area (Å²) >= 11 is 0. The summed E-state index contributed by atoms with van der Waals surface area (Å²) in [5.74, 6) is -1.29. The fourth-order valence-corrected chi connectivity index (χ4v) is 2.88. The van der Waals surface area contributed by atoms with Crippen molar-refractivity contribution < 1.29 is 22.6 Å². The molecule has 0 saturated carbocycles. The van der Waals surface area contributed by atoms with Gasteiger partial charge in [-0.2, -0.15) is 13.2 Å². The molecule has 0 spiro atoms. The topological polar surface area (TPSA) is 43.4 Å². The fraction of sp³-hybridized carbons (Fsp3) is 0.643. The molecule has 0 aliphatic carbocycles. The van der Waals surface area contributed by atoms with Crippen molar-refractivity contribution in [1.29, 1.82) is 0 Å². The molecule has 2 fully saturated rings. The van der Waals surface area contributed by atoms with Crippen molar-refractivity contribution in [1.82, 2.24) is 10.3 Å². The molecule has 4 nitrogen and oxygen atoms in total. The van der Waals surface area contributed by atoms with Gasteiger partial charge in [0.25, 0.3) is 0 Å². The quantitative estimate of drug-likeness (QED) is 0.912. The molecule has 2 aliphatic heterocycles. The van der Waals surface area contributed by atoms with E-state index >= 15 is 0 Å². The number of alkyl halides is 3. The lowest BCUT2D eigenvalue weighted by molar-refractivity contribution is -0.183. The molecule has 3 heterocycles. The van der Waals surface area contributed by atoms with Gasteiger partial charge in [0, 0.05) is 11.8 Å². The smallest absolute Gasteiger partial charge is 0.346 e. The maximum absolute atomic E-state index is 12.9.